The third kappa shape index (κ3) is 3.08. The molecular formula is C14H15ClINO. The first kappa shape index (κ1) is 13.9. The van der Waals surface area contributed by atoms with Crippen LogP contribution in [0.2, 0.25) is 5.02 Å². The van der Waals surface area contributed by atoms with Crippen LogP contribution in [-0.2, 0) is 0 Å². The zero-order chi connectivity index (χ0) is 13.1. The maximum atomic E-state index is 6.18. The zero-order valence-corrected chi connectivity index (χ0v) is 13.2. The molecule has 0 bridgehead atoms. The Labute approximate surface area is 126 Å². The number of hydrogen-bond acceptors (Lipinski definition) is 2. The summed E-state index contributed by atoms with van der Waals surface area (Å²) in [6, 6.07) is 10.1. The van der Waals surface area contributed by atoms with Gasteiger partial charge in [0.1, 0.15) is 11.5 Å². The van der Waals surface area contributed by atoms with E-state index in [1.54, 1.807) is 0 Å². The fourth-order valence-electron chi connectivity index (χ4n) is 1.89. The number of halogens is 2. The summed E-state index contributed by atoms with van der Waals surface area (Å²) in [6.45, 7) is 4.90. The van der Waals surface area contributed by atoms with Crippen molar-refractivity contribution < 1.29 is 4.42 Å². The Hall–Kier alpha value is -0.520. The van der Waals surface area contributed by atoms with Gasteiger partial charge in [-0.1, -0.05) is 24.6 Å². The number of furan rings is 1. The first-order chi connectivity index (χ1) is 8.61. The zero-order valence-electron chi connectivity index (χ0n) is 10.3. The molecule has 0 radical (unpaired) electrons. The van der Waals surface area contributed by atoms with E-state index in [2.05, 4.69) is 40.9 Å². The van der Waals surface area contributed by atoms with E-state index < -0.39 is 0 Å². The van der Waals surface area contributed by atoms with Gasteiger partial charge in [0.15, 0.2) is 0 Å². The summed E-state index contributed by atoms with van der Waals surface area (Å²) in [6.07, 6.45) is 0. The number of aryl methyl sites for hydroxylation is 1. The van der Waals surface area contributed by atoms with E-state index in [1.165, 1.54) is 0 Å². The van der Waals surface area contributed by atoms with Gasteiger partial charge in [0.05, 0.1) is 11.1 Å². The Bertz CT molecular complexity index is 538. The van der Waals surface area contributed by atoms with Crippen molar-refractivity contribution in [2.75, 3.05) is 6.54 Å². The summed E-state index contributed by atoms with van der Waals surface area (Å²) in [7, 11) is 0. The molecule has 2 nitrogen and oxygen atoms in total. The van der Waals surface area contributed by atoms with Gasteiger partial charge in [0, 0.05) is 3.57 Å². The molecule has 96 valence electrons. The first-order valence-electron chi connectivity index (χ1n) is 5.86. The maximum absolute atomic E-state index is 6.18. The van der Waals surface area contributed by atoms with Gasteiger partial charge < -0.3 is 9.73 Å². The van der Waals surface area contributed by atoms with Crippen LogP contribution in [0.25, 0.3) is 0 Å². The van der Waals surface area contributed by atoms with Crippen molar-refractivity contribution >= 4 is 34.2 Å². The van der Waals surface area contributed by atoms with Crippen molar-refractivity contribution in [3.05, 3.63) is 56.0 Å². The van der Waals surface area contributed by atoms with Crippen LogP contribution in [0.3, 0.4) is 0 Å². The second-order valence-corrected chi connectivity index (χ2v) is 5.68. The molecule has 2 aromatic rings. The van der Waals surface area contributed by atoms with Crippen molar-refractivity contribution in [3.63, 3.8) is 0 Å². The highest BCUT2D eigenvalue weighted by molar-refractivity contribution is 14.1. The Morgan fingerprint density at radius 1 is 1.33 bits per heavy atom. The molecule has 1 unspecified atom stereocenters. The van der Waals surface area contributed by atoms with Gasteiger partial charge in [0.2, 0.25) is 0 Å². The van der Waals surface area contributed by atoms with E-state index in [0.29, 0.717) is 0 Å². The molecule has 0 saturated heterocycles. The van der Waals surface area contributed by atoms with Crippen molar-refractivity contribution in [1.82, 2.24) is 5.32 Å². The van der Waals surface area contributed by atoms with Crippen LogP contribution in [0.4, 0.5) is 0 Å². The van der Waals surface area contributed by atoms with Crippen LogP contribution in [0.5, 0.6) is 0 Å². The molecule has 0 aliphatic heterocycles. The molecule has 1 atom stereocenters. The molecule has 0 fully saturated rings. The van der Waals surface area contributed by atoms with E-state index in [9.17, 15) is 0 Å². The van der Waals surface area contributed by atoms with Crippen molar-refractivity contribution in [1.29, 1.82) is 0 Å². The Kier molecular flexibility index (Phi) is 4.70. The molecule has 1 aromatic heterocycles. The summed E-state index contributed by atoms with van der Waals surface area (Å²) in [5.74, 6) is 1.84. The molecule has 0 spiro atoms. The van der Waals surface area contributed by atoms with E-state index in [-0.39, 0.29) is 6.04 Å². The normalized spacial score (nSPS) is 12.7. The van der Waals surface area contributed by atoms with Crippen LogP contribution in [0, 0.1) is 10.5 Å². The van der Waals surface area contributed by atoms with Crippen LogP contribution in [-0.4, -0.2) is 6.54 Å². The van der Waals surface area contributed by atoms with Gasteiger partial charge in [-0.05, 0) is 65.9 Å². The van der Waals surface area contributed by atoms with E-state index in [1.807, 2.05) is 31.2 Å². The summed E-state index contributed by atoms with van der Waals surface area (Å²) in [5, 5.41) is 4.20. The SMILES string of the molecule is CCNC(c1ccc(I)c(Cl)c1)c1ccc(C)o1. The second kappa shape index (κ2) is 6.08. The van der Waals surface area contributed by atoms with E-state index in [0.717, 1.165) is 32.2 Å². The van der Waals surface area contributed by atoms with Gasteiger partial charge in [-0.15, -0.1) is 0 Å². The molecule has 18 heavy (non-hydrogen) atoms. The quantitative estimate of drug-likeness (QED) is 0.793. The van der Waals surface area contributed by atoms with Crippen LogP contribution < -0.4 is 5.32 Å². The number of nitrogens with one attached hydrogen (secondary N) is 1. The van der Waals surface area contributed by atoms with Crippen molar-refractivity contribution in [2.24, 2.45) is 0 Å². The second-order valence-electron chi connectivity index (χ2n) is 4.11. The highest BCUT2D eigenvalue weighted by atomic mass is 127. The summed E-state index contributed by atoms with van der Waals surface area (Å²) >= 11 is 8.41. The van der Waals surface area contributed by atoms with Gasteiger partial charge in [0.25, 0.3) is 0 Å². The summed E-state index contributed by atoms with van der Waals surface area (Å²) in [4.78, 5) is 0. The number of hydrogen-bond donors (Lipinski definition) is 1. The lowest BCUT2D eigenvalue weighted by atomic mass is 10.0. The predicted molar refractivity (Wildman–Crippen MR) is 83.1 cm³/mol. The monoisotopic (exact) mass is 375 g/mol. The minimum absolute atomic E-state index is 0.0539. The highest BCUT2D eigenvalue weighted by Crippen LogP contribution is 2.28. The highest BCUT2D eigenvalue weighted by Gasteiger charge is 2.17. The fraction of sp³-hybridized carbons (Fsp3) is 0.286. The Morgan fingerprint density at radius 2 is 2.11 bits per heavy atom. The summed E-state index contributed by atoms with van der Waals surface area (Å²) < 4.78 is 6.77. The largest absolute Gasteiger partial charge is 0.464 e. The lowest BCUT2D eigenvalue weighted by Gasteiger charge is -2.16. The standard InChI is InChI=1S/C14H15ClINO/c1-3-17-14(13-7-4-9(2)18-13)10-5-6-12(16)11(15)8-10/h4-8,14,17H,3H2,1-2H3. The minimum atomic E-state index is 0.0539. The van der Waals surface area contributed by atoms with Crippen molar-refractivity contribution in [2.45, 2.75) is 19.9 Å². The molecule has 1 heterocycles. The molecule has 0 aliphatic rings. The molecule has 4 heteroatoms. The third-order valence-electron chi connectivity index (χ3n) is 2.73. The number of rotatable bonds is 4. The van der Waals surface area contributed by atoms with E-state index in [4.69, 9.17) is 16.0 Å². The van der Waals surface area contributed by atoms with Gasteiger partial charge >= 0.3 is 0 Å². The molecule has 0 amide bonds. The maximum Gasteiger partial charge on any atom is 0.125 e. The average Bonchev–Trinajstić information content (AvgIpc) is 2.76. The van der Waals surface area contributed by atoms with Crippen LogP contribution in [0.1, 0.15) is 30.0 Å². The first-order valence-corrected chi connectivity index (χ1v) is 7.32. The Balaban J connectivity index is 2.37. The Morgan fingerprint density at radius 3 is 2.67 bits per heavy atom. The lowest BCUT2D eigenvalue weighted by Crippen LogP contribution is -2.21. The molecule has 0 saturated carbocycles. The number of benzene rings is 1. The smallest absolute Gasteiger partial charge is 0.125 e. The molecule has 1 aromatic carbocycles. The van der Waals surface area contributed by atoms with E-state index >= 15 is 0 Å². The van der Waals surface area contributed by atoms with Crippen molar-refractivity contribution in [3.8, 4) is 0 Å². The van der Waals surface area contributed by atoms with Crippen LogP contribution >= 0.6 is 34.2 Å². The predicted octanol–water partition coefficient (Wildman–Crippen LogP) is 4.54. The van der Waals surface area contributed by atoms with Gasteiger partial charge in [-0.25, -0.2) is 0 Å². The molecule has 0 aliphatic carbocycles. The van der Waals surface area contributed by atoms with Crippen LogP contribution in [0.15, 0.2) is 34.7 Å². The minimum Gasteiger partial charge on any atom is -0.464 e. The molecular weight excluding hydrogens is 361 g/mol. The molecule has 2 rings (SSSR count). The average molecular weight is 376 g/mol. The fourth-order valence-corrected chi connectivity index (χ4v) is 2.41. The summed E-state index contributed by atoms with van der Waals surface area (Å²) in [5.41, 5.74) is 1.12. The van der Waals surface area contributed by atoms with Gasteiger partial charge in [-0.3, -0.25) is 0 Å². The lowest BCUT2D eigenvalue weighted by molar-refractivity contribution is 0.435. The topological polar surface area (TPSA) is 25.2 Å². The van der Waals surface area contributed by atoms with Gasteiger partial charge in [-0.2, -0.15) is 0 Å². The molecule has 1 N–H and O–H groups in total. The third-order valence-corrected chi connectivity index (χ3v) is 4.30.